The fourth-order valence-electron chi connectivity index (χ4n) is 3.01. The third kappa shape index (κ3) is 4.70. The molecule has 0 bridgehead atoms. The molecule has 2 heterocycles. The summed E-state index contributed by atoms with van der Waals surface area (Å²) >= 11 is 0. The number of nitrogens with zero attached hydrogens (tertiary/aromatic N) is 3. The average Bonchev–Trinajstić information content (AvgIpc) is 2.68. The van der Waals surface area contributed by atoms with E-state index in [1.54, 1.807) is 13.1 Å². The maximum atomic E-state index is 11.7. The fourth-order valence-corrected chi connectivity index (χ4v) is 3.01. The summed E-state index contributed by atoms with van der Waals surface area (Å²) < 4.78 is 0. The first kappa shape index (κ1) is 18.1. The highest BCUT2D eigenvalue weighted by Gasteiger charge is 2.10. The van der Waals surface area contributed by atoms with Crippen molar-refractivity contribution < 1.29 is 4.79 Å². The molecule has 0 unspecified atom stereocenters. The molecular weight excluding hydrogens is 328 g/mol. The summed E-state index contributed by atoms with van der Waals surface area (Å²) in [6.07, 6.45) is 0.869. The Morgan fingerprint density at radius 2 is 1.92 bits per heavy atom. The number of benzene rings is 1. The van der Waals surface area contributed by atoms with Gasteiger partial charge in [-0.1, -0.05) is 12.1 Å². The molecule has 0 saturated carbocycles. The first-order valence-corrected chi connectivity index (χ1v) is 9.02. The molecule has 3 N–H and O–H groups in total. The van der Waals surface area contributed by atoms with Crippen molar-refractivity contribution in [3.8, 4) is 0 Å². The zero-order valence-corrected chi connectivity index (χ0v) is 15.4. The maximum Gasteiger partial charge on any atom is 0.269 e. The smallest absolute Gasteiger partial charge is 0.269 e. The number of rotatable bonds is 6. The number of nitrogens with one attached hydrogen (secondary N) is 3. The third-order valence-corrected chi connectivity index (χ3v) is 4.43. The number of hydrogen-bond donors (Lipinski definition) is 3. The lowest BCUT2D eigenvalue weighted by Gasteiger charge is -2.29. The van der Waals surface area contributed by atoms with Crippen LogP contribution in [-0.4, -0.2) is 55.6 Å². The van der Waals surface area contributed by atoms with E-state index in [-0.39, 0.29) is 5.91 Å². The van der Waals surface area contributed by atoms with Crippen LogP contribution in [-0.2, 0) is 6.42 Å². The summed E-state index contributed by atoms with van der Waals surface area (Å²) in [6.45, 7) is 6.76. The van der Waals surface area contributed by atoms with Crippen LogP contribution < -0.4 is 20.9 Å². The molecule has 1 aliphatic rings. The Hall–Kier alpha value is -2.67. The highest BCUT2D eigenvalue weighted by molar-refractivity contribution is 5.92. The van der Waals surface area contributed by atoms with Gasteiger partial charge in [-0.05, 0) is 37.1 Å². The van der Waals surface area contributed by atoms with E-state index in [4.69, 9.17) is 0 Å². The molecule has 0 atom stereocenters. The van der Waals surface area contributed by atoms with Crippen LogP contribution in [0, 0.1) is 6.92 Å². The van der Waals surface area contributed by atoms with Crippen molar-refractivity contribution in [2.75, 3.05) is 50.0 Å². The van der Waals surface area contributed by atoms with Gasteiger partial charge in [-0.2, -0.15) is 0 Å². The number of amides is 1. The molecule has 138 valence electrons. The first-order valence-electron chi connectivity index (χ1n) is 9.02. The molecule has 3 rings (SSSR count). The van der Waals surface area contributed by atoms with Crippen molar-refractivity contribution in [3.05, 3.63) is 47.3 Å². The molecule has 7 nitrogen and oxygen atoms in total. The number of hydrogen-bond acceptors (Lipinski definition) is 6. The topological polar surface area (TPSA) is 82.2 Å². The molecule has 1 aromatic carbocycles. The summed E-state index contributed by atoms with van der Waals surface area (Å²) in [5.74, 6) is 0.281. The quantitative estimate of drug-likeness (QED) is 0.723. The van der Waals surface area contributed by atoms with E-state index in [2.05, 4.69) is 55.1 Å². The van der Waals surface area contributed by atoms with Gasteiger partial charge in [0.15, 0.2) is 0 Å². The number of aryl methyl sites for hydroxylation is 1. The zero-order valence-electron chi connectivity index (χ0n) is 15.4. The van der Waals surface area contributed by atoms with Crippen LogP contribution in [0.4, 0.5) is 11.6 Å². The second-order valence-corrected chi connectivity index (χ2v) is 6.38. The van der Waals surface area contributed by atoms with Crippen LogP contribution in [0.15, 0.2) is 30.3 Å². The molecule has 0 radical (unpaired) electrons. The average molecular weight is 354 g/mol. The molecule has 1 aliphatic heterocycles. The minimum atomic E-state index is -0.206. The Bertz CT molecular complexity index is 740. The Labute approximate surface area is 154 Å². The molecular formula is C19H26N6O. The van der Waals surface area contributed by atoms with Crippen molar-refractivity contribution in [2.24, 2.45) is 0 Å². The largest absolute Gasteiger partial charge is 0.369 e. The van der Waals surface area contributed by atoms with E-state index in [1.807, 2.05) is 6.92 Å². The van der Waals surface area contributed by atoms with Crippen molar-refractivity contribution in [3.63, 3.8) is 0 Å². The van der Waals surface area contributed by atoms with E-state index in [9.17, 15) is 4.79 Å². The minimum absolute atomic E-state index is 0.206. The third-order valence-electron chi connectivity index (χ3n) is 4.43. The van der Waals surface area contributed by atoms with Crippen molar-refractivity contribution in [1.29, 1.82) is 0 Å². The minimum Gasteiger partial charge on any atom is -0.369 e. The van der Waals surface area contributed by atoms with Gasteiger partial charge in [-0.15, -0.1) is 0 Å². The van der Waals surface area contributed by atoms with Gasteiger partial charge in [-0.3, -0.25) is 4.79 Å². The Balaban J connectivity index is 1.54. The van der Waals surface area contributed by atoms with Crippen molar-refractivity contribution in [2.45, 2.75) is 13.3 Å². The molecule has 0 spiro atoms. The van der Waals surface area contributed by atoms with Gasteiger partial charge in [0.05, 0.1) is 0 Å². The second kappa shape index (κ2) is 8.62. The van der Waals surface area contributed by atoms with Gasteiger partial charge in [0, 0.05) is 51.2 Å². The van der Waals surface area contributed by atoms with Crippen molar-refractivity contribution >= 4 is 17.5 Å². The number of anilines is 2. The van der Waals surface area contributed by atoms with E-state index in [0.717, 1.165) is 38.3 Å². The highest BCUT2D eigenvalue weighted by atomic mass is 16.1. The van der Waals surface area contributed by atoms with Crippen LogP contribution >= 0.6 is 0 Å². The Morgan fingerprint density at radius 3 is 2.62 bits per heavy atom. The molecule has 1 amide bonds. The maximum absolute atomic E-state index is 11.7. The summed E-state index contributed by atoms with van der Waals surface area (Å²) in [7, 11) is 1.59. The Kier molecular flexibility index (Phi) is 6.01. The monoisotopic (exact) mass is 354 g/mol. The summed E-state index contributed by atoms with van der Waals surface area (Å²) in [5, 5.41) is 9.17. The zero-order chi connectivity index (χ0) is 18.4. The summed E-state index contributed by atoms with van der Waals surface area (Å²) in [4.78, 5) is 22.7. The molecule has 1 aromatic heterocycles. The van der Waals surface area contributed by atoms with Gasteiger partial charge in [-0.25, -0.2) is 9.97 Å². The lowest BCUT2D eigenvalue weighted by molar-refractivity contribution is 0.0958. The van der Waals surface area contributed by atoms with Crippen LogP contribution in [0.3, 0.4) is 0 Å². The van der Waals surface area contributed by atoms with Crippen LogP contribution in [0.1, 0.15) is 21.7 Å². The molecule has 1 fully saturated rings. The predicted octanol–water partition coefficient (Wildman–Crippen LogP) is 1.21. The first-order chi connectivity index (χ1) is 12.7. The lowest BCUT2D eigenvalue weighted by Crippen LogP contribution is -2.43. The van der Waals surface area contributed by atoms with E-state index < -0.39 is 0 Å². The highest BCUT2D eigenvalue weighted by Crippen LogP contribution is 2.16. The normalized spacial score (nSPS) is 14.2. The second-order valence-electron chi connectivity index (χ2n) is 6.38. The van der Waals surface area contributed by atoms with Gasteiger partial charge in [0.25, 0.3) is 5.91 Å². The molecule has 26 heavy (non-hydrogen) atoms. The van der Waals surface area contributed by atoms with Crippen molar-refractivity contribution in [1.82, 2.24) is 20.6 Å². The van der Waals surface area contributed by atoms with Gasteiger partial charge >= 0.3 is 0 Å². The van der Waals surface area contributed by atoms with Crippen LogP contribution in [0.25, 0.3) is 0 Å². The summed E-state index contributed by atoms with van der Waals surface area (Å²) in [5.41, 5.74) is 3.68. The molecule has 0 aliphatic carbocycles. The van der Waals surface area contributed by atoms with Gasteiger partial charge in [0.2, 0.25) is 5.95 Å². The molecule has 2 aromatic rings. The SMILES string of the molecule is CNC(=O)c1cc(C)nc(NCCc2ccc(N3CCNCC3)cc2)n1. The van der Waals surface area contributed by atoms with E-state index in [1.165, 1.54) is 11.3 Å². The standard InChI is InChI=1S/C19H26N6O/c1-14-13-17(18(26)20-2)24-19(23-14)22-8-7-15-3-5-16(6-4-15)25-11-9-21-10-12-25/h3-6,13,21H,7-12H2,1-2H3,(H,20,26)(H,22,23,24). The Morgan fingerprint density at radius 1 is 1.19 bits per heavy atom. The fraction of sp³-hybridized carbons (Fsp3) is 0.421. The van der Waals surface area contributed by atoms with E-state index in [0.29, 0.717) is 18.2 Å². The number of carbonyl (C=O) groups excluding carboxylic acids is 1. The number of aromatic nitrogens is 2. The van der Waals surface area contributed by atoms with Crippen LogP contribution in [0.5, 0.6) is 0 Å². The lowest BCUT2D eigenvalue weighted by atomic mass is 10.1. The molecule has 1 saturated heterocycles. The van der Waals surface area contributed by atoms with Gasteiger partial charge in [0.1, 0.15) is 5.69 Å². The molecule has 7 heteroatoms. The summed E-state index contributed by atoms with van der Waals surface area (Å²) in [6, 6.07) is 10.4. The van der Waals surface area contributed by atoms with Gasteiger partial charge < -0.3 is 20.9 Å². The number of carbonyl (C=O) groups is 1. The van der Waals surface area contributed by atoms with E-state index >= 15 is 0 Å². The number of piperazine rings is 1. The predicted molar refractivity (Wildman–Crippen MR) is 104 cm³/mol. The van der Waals surface area contributed by atoms with Crippen LogP contribution in [0.2, 0.25) is 0 Å².